The first-order valence-corrected chi connectivity index (χ1v) is 4.91. The van der Waals surface area contributed by atoms with Crippen molar-refractivity contribution in [2.45, 2.75) is 5.60 Å². The van der Waals surface area contributed by atoms with Gasteiger partial charge in [-0.15, -0.1) is 0 Å². The van der Waals surface area contributed by atoms with Crippen LogP contribution in [0.15, 0.2) is 0 Å². The summed E-state index contributed by atoms with van der Waals surface area (Å²) in [4.78, 5) is 65.8. The fourth-order valence-electron chi connectivity index (χ4n) is 1.73. The zero-order valence-electron chi connectivity index (χ0n) is 10.2. The maximum absolute atomic E-state index is 11.1. The molecular weight excluding hydrogens is 316 g/mol. The van der Waals surface area contributed by atoms with Crippen LogP contribution in [0.4, 0.5) is 0 Å². The van der Waals surface area contributed by atoms with Gasteiger partial charge in [0.1, 0.15) is 0 Å². The molecule has 13 heteroatoms. The van der Waals surface area contributed by atoms with E-state index in [9.17, 15) is 33.9 Å². The fourth-order valence-corrected chi connectivity index (χ4v) is 1.73. The van der Waals surface area contributed by atoms with Crippen LogP contribution in [-0.4, -0.2) is 77.2 Å². The first kappa shape index (κ1) is 18.8. The topological polar surface area (TPSA) is 244 Å². The molecule has 0 aliphatic heterocycles. The SMILES string of the molecule is O=C(O)C(C(=O)O)C(O)(C(=O)O)C(C(=O)O)(C(=O)O)C(=O)O. The minimum absolute atomic E-state index is 2.66. The summed E-state index contributed by atoms with van der Waals surface area (Å²) in [5, 5.41) is 62.3. The Hall–Kier alpha value is -3.22. The predicted molar refractivity (Wildman–Crippen MR) is 56.7 cm³/mol. The van der Waals surface area contributed by atoms with Crippen molar-refractivity contribution in [2.24, 2.45) is 11.3 Å². The van der Waals surface area contributed by atoms with E-state index in [1.54, 1.807) is 0 Å². The molecule has 0 aromatic heterocycles. The van der Waals surface area contributed by atoms with Gasteiger partial charge in [0.25, 0.3) is 0 Å². The van der Waals surface area contributed by atoms with Gasteiger partial charge in [-0.05, 0) is 0 Å². The highest BCUT2D eigenvalue weighted by Crippen LogP contribution is 2.40. The number of carboxylic acid groups (broad SMARTS) is 6. The second kappa shape index (κ2) is 5.65. The number of carbonyl (C=O) groups is 6. The van der Waals surface area contributed by atoms with Gasteiger partial charge in [-0.3, -0.25) is 24.0 Å². The van der Waals surface area contributed by atoms with Crippen LogP contribution < -0.4 is 0 Å². The monoisotopic (exact) mass is 324 g/mol. The van der Waals surface area contributed by atoms with Crippen LogP contribution in [0.3, 0.4) is 0 Å². The molecule has 0 aliphatic carbocycles. The van der Waals surface area contributed by atoms with Crippen molar-refractivity contribution < 1.29 is 64.5 Å². The van der Waals surface area contributed by atoms with E-state index in [4.69, 9.17) is 30.6 Å². The molecule has 0 saturated heterocycles. The van der Waals surface area contributed by atoms with E-state index < -0.39 is 52.7 Å². The zero-order valence-corrected chi connectivity index (χ0v) is 10.2. The van der Waals surface area contributed by atoms with Crippen LogP contribution >= 0.6 is 0 Å². The van der Waals surface area contributed by atoms with Crippen LogP contribution in [-0.2, 0) is 28.8 Å². The van der Waals surface area contributed by atoms with Crippen molar-refractivity contribution in [2.75, 3.05) is 0 Å². The Balaban J connectivity index is 7.05. The Kier molecular flexibility index (Phi) is 4.82. The average Bonchev–Trinajstić information content (AvgIpc) is 2.25. The lowest BCUT2D eigenvalue weighted by Gasteiger charge is -2.36. The molecule has 122 valence electrons. The standard InChI is InChI=1S/C9H8O13/c10-2(11)1(3(12)13)9(22,7(20)21)8(4(14)15,5(16)17)6(18)19/h1,22H,(H,10,11)(H,12,13)(H,14,15)(H,16,17)(H,18,19)(H,20,21). The summed E-state index contributed by atoms with van der Waals surface area (Å²) in [6, 6.07) is 0. The minimum atomic E-state index is -4.74. The summed E-state index contributed by atoms with van der Waals surface area (Å²) in [7, 11) is 0. The van der Waals surface area contributed by atoms with Gasteiger partial charge in [-0.2, -0.15) is 0 Å². The molecule has 7 N–H and O–H groups in total. The van der Waals surface area contributed by atoms with Gasteiger partial charge in [0.15, 0.2) is 5.92 Å². The van der Waals surface area contributed by atoms with Gasteiger partial charge in [0.2, 0.25) is 5.60 Å². The maximum atomic E-state index is 11.1. The Labute approximate surface area is 118 Å². The summed E-state index contributed by atoms with van der Waals surface area (Å²) < 4.78 is 0. The van der Waals surface area contributed by atoms with Gasteiger partial charge in [-0.25, -0.2) is 4.79 Å². The number of aliphatic hydroxyl groups is 1. The van der Waals surface area contributed by atoms with Crippen molar-refractivity contribution in [3.63, 3.8) is 0 Å². The van der Waals surface area contributed by atoms with Gasteiger partial charge in [0, 0.05) is 0 Å². The molecule has 0 aromatic rings. The quantitative estimate of drug-likeness (QED) is 0.218. The molecule has 0 aromatic carbocycles. The molecule has 1 unspecified atom stereocenters. The Morgan fingerprint density at radius 1 is 0.591 bits per heavy atom. The third-order valence-corrected chi connectivity index (χ3v) is 2.77. The predicted octanol–water partition coefficient (Wildman–Crippen LogP) is -3.17. The number of carboxylic acids is 6. The van der Waals surface area contributed by atoms with Gasteiger partial charge >= 0.3 is 41.2 Å². The van der Waals surface area contributed by atoms with E-state index in [-0.39, 0.29) is 0 Å². The van der Waals surface area contributed by atoms with Crippen LogP contribution in [0.2, 0.25) is 0 Å². The van der Waals surface area contributed by atoms with Crippen molar-refractivity contribution in [3.05, 3.63) is 0 Å². The number of hydrogen-bond donors (Lipinski definition) is 7. The molecule has 0 saturated carbocycles. The lowest BCUT2D eigenvalue weighted by molar-refractivity contribution is -0.217. The molecule has 0 amide bonds. The molecule has 1 atom stereocenters. The highest BCUT2D eigenvalue weighted by molar-refractivity contribution is 6.23. The van der Waals surface area contributed by atoms with E-state index in [2.05, 4.69) is 0 Å². The molecule has 22 heavy (non-hydrogen) atoms. The molecular formula is C9H8O13. The molecule has 0 bridgehead atoms. The molecule has 0 aliphatic rings. The Morgan fingerprint density at radius 3 is 1.00 bits per heavy atom. The van der Waals surface area contributed by atoms with E-state index in [0.717, 1.165) is 0 Å². The normalized spacial score (nSPS) is 13.9. The van der Waals surface area contributed by atoms with Crippen LogP contribution in [0.5, 0.6) is 0 Å². The van der Waals surface area contributed by atoms with E-state index in [1.807, 2.05) is 0 Å². The molecule has 13 nitrogen and oxygen atoms in total. The molecule has 0 radical (unpaired) electrons. The minimum Gasteiger partial charge on any atom is -0.481 e. The second-order valence-electron chi connectivity index (χ2n) is 3.85. The first-order valence-electron chi connectivity index (χ1n) is 4.91. The summed E-state index contributed by atoms with van der Waals surface area (Å²) in [5.41, 5.74) is -9.44. The molecule has 0 spiro atoms. The van der Waals surface area contributed by atoms with Gasteiger partial charge < -0.3 is 35.7 Å². The van der Waals surface area contributed by atoms with Gasteiger partial charge in [-0.1, -0.05) is 0 Å². The lowest BCUT2D eigenvalue weighted by Crippen LogP contribution is -2.71. The van der Waals surface area contributed by atoms with Crippen molar-refractivity contribution in [1.82, 2.24) is 0 Å². The molecule has 0 fully saturated rings. The van der Waals surface area contributed by atoms with Crippen molar-refractivity contribution >= 4 is 35.8 Å². The first-order chi connectivity index (χ1) is 9.79. The summed E-state index contributed by atoms with van der Waals surface area (Å²) in [6.45, 7) is 0. The van der Waals surface area contributed by atoms with E-state index in [1.165, 1.54) is 0 Å². The number of aliphatic carboxylic acids is 6. The Bertz CT molecular complexity index is 524. The Morgan fingerprint density at radius 2 is 0.864 bits per heavy atom. The van der Waals surface area contributed by atoms with Crippen molar-refractivity contribution in [1.29, 1.82) is 0 Å². The highest BCUT2D eigenvalue weighted by Gasteiger charge is 2.78. The third kappa shape index (κ3) is 2.18. The largest absolute Gasteiger partial charge is 0.481 e. The van der Waals surface area contributed by atoms with Crippen molar-refractivity contribution in [3.8, 4) is 0 Å². The van der Waals surface area contributed by atoms with Crippen LogP contribution in [0.1, 0.15) is 0 Å². The average molecular weight is 324 g/mol. The van der Waals surface area contributed by atoms with Gasteiger partial charge in [0.05, 0.1) is 0 Å². The molecule has 0 rings (SSSR count). The van der Waals surface area contributed by atoms with Crippen LogP contribution in [0.25, 0.3) is 0 Å². The maximum Gasteiger partial charge on any atom is 0.339 e. The third-order valence-electron chi connectivity index (χ3n) is 2.77. The number of hydrogen-bond acceptors (Lipinski definition) is 7. The van der Waals surface area contributed by atoms with Crippen LogP contribution in [0, 0.1) is 11.3 Å². The zero-order chi connectivity index (χ0) is 18.0. The lowest BCUT2D eigenvalue weighted by atomic mass is 9.64. The fraction of sp³-hybridized carbons (Fsp3) is 0.333. The van der Waals surface area contributed by atoms with E-state index >= 15 is 0 Å². The second-order valence-corrected chi connectivity index (χ2v) is 3.85. The summed E-state index contributed by atoms with van der Waals surface area (Å²) in [5.74, 6) is -20.8. The van der Waals surface area contributed by atoms with E-state index in [0.29, 0.717) is 0 Å². The molecule has 0 heterocycles. The highest BCUT2D eigenvalue weighted by atomic mass is 16.5. The summed E-state index contributed by atoms with van der Waals surface area (Å²) in [6.07, 6.45) is 0. The summed E-state index contributed by atoms with van der Waals surface area (Å²) >= 11 is 0. The number of rotatable bonds is 8. The smallest absolute Gasteiger partial charge is 0.339 e.